The fraction of sp³-hybridized carbons (Fsp3) is 0.471. The first-order chi connectivity index (χ1) is 12.3. The van der Waals surface area contributed by atoms with Gasteiger partial charge in [0.05, 0.1) is 11.6 Å². The van der Waals surface area contributed by atoms with Gasteiger partial charge in [-0.1, -0.05) is 12.1 Å². The summed E-state index contributed by atoms with van der Waals surface area (Å²) in [4.78, 5) is 38.1. The third-order valence-electron chi connectivity index (χ3n) is 4.57. The smallest absolute Gasteiger partial charge is 0.417 e. The zero-order valence-electron chi connectivity index (χ0n) is 13.8. The van der Waals surface area contributed by atoms with Gasteiger partial charge < -0.3 is 9.64 Å². The molecule has 9 heteroatoms. The number of hydrogen-bond donors (Lipinski definition) is 0. The average Bonchev–Trinajstić information content (AvgIpc) is 3.19. The second-order valence-electron chi connectivity index (χ2n) is 6.30. The Morgan fingerprint density at radius 1 is 1.19 bits per heavy atom. The molecule has 0 bridgehead atoms. The summed E-state index contributed by atoms with van der Waals surface area (Å²) in [5.74, 6) is -0.563. The van der Waals surface area contributed by atoms with E-state index in [2.05, 4.69) is 4.74 Å². The third-order valence-corrected chi connectivity index (χ3v) is 4.57. The number of benzene rings is 1. The highest BCUT2D eigenvalue weighted by atomic mass is 19.4. The second kappa shape index (κ2) is 6.97. The zero-order chi connectivity index (χ0) is 18.9. The van der Waals surface area contributed by atoms with Gasteiger partial charge in [0.1, 0.15) is 0 Å². The summed E-state index contributed by atoms with van der Waals surface area (Å²) >= 11 is 0. The van der Waals surface area contributed by atoms with Crippen LogP contribution in [0, 0.1) is 0 Å². The van der Waals surface area contributed by atoms with E-state index in [4.69, 9.17) is 0 Å². The first kappa shape index (κ1) is 18.2. The number of aryl methyl sites for hydroxylation is 1. The number of halogens is 3. The fourth-order valence-electron chi connectivity index (χ4n) is 3.17. The molecule has 3 amide bonds. The Kier molecular flexibility index (Phi) is 4.88. The number of rotatable bonds is 4. The van der Waals surface area contributed by atoms with Crippen LogP contribution in [0.15, 0.2) is 24.3 Å². The van der Waals surface area contributed by atoms with Crippen LogP contribution in [0.2, 0.25) is 0 Å². The van der Waals surface area contributed by atoms with Gasteiger partial charge in [-0.15, -0.1) is 0 Å². The molecular formula is C17H17F3N2O4. The molecule has 0 saturated carbocycles. The SMILES string of the molecule is O=C(CCc1ccc(C(F)(F)F)cc1)N1CCC(N2C(=O)COC2=O)C1. The molecule has 140 valence electrons. The van der Waals surface area contributed by atoms with E-state index in [9.17, 15) is 27.6 Å². The Hall–Kier alpha value is -2.58. The molecule has 0 N–H and O–H groups in total. The van der Waals surface area contributed by atoms with Crippen LogP contribution in [0.1, 0.15) is 24.0 Å². The zero-order valence-corrected chi connectivity index (χ0v) is 13.8. The van der Waals surface area contributed by atoms with Crippen LogP contribution >= 0.6 is 0 Å². The predicted octanol–water partition coefficient (Wildman–Crippen LogP) is 2.22. The summed E-state index contributed by atoms with van der Waals surface area (Å²) in [7, 11) is 0. The molecule has 0 radical (unpaired) electrons. The molecule has 1 unspecified atom stereocenters. The largest absolute Gasteiger partial charge is 0.439 e. The summed E-state index contributed by atoms with van der Waals surface area (Å²) < 4.78 is 42.3. The summed E-state index contributed by atoms with van der Waals surface area (Å²) in [6, 6.07) is 4.34. The minimum absolute atomic E-state index is 0.149. The molecule has 3 rings (SSSR count). The quantitative estimate of drug-likeness (QED) is 0.815. The second-order valence-corrected chi connectivity index (χ2v) is 6.30. The highest BCUT2D eigenvalue weighted by Crippen LogP contribution is 2.29. The molecule has 0 spiro atoms. The van der Waals surface area contributed by atoms with Gasteiger partial charge in [-0.05, 0) is 30.5 Å². The van der Waals surface area contributed by atoms with Crippen molar-refractivity contribution in [1.29, 1.82) is 0 Å². The van der Waals surface area contributed by atoms with Gasteiger partial charge in [0.2, 0.25) is 5.91 Å². The van der Waals surface area contributed by atoms with Crippen LogP contribution in [0.5, 0.6) is 0 Å². The Morgan fingerprint density at radius 2 is 1.88 bits per heavy atom. The molecule has 1 atom stereocenters. The molecular weight excluding hydrogens is 353 g/mol. The van der Waals surface area contributed by atoms with Crippen molar-refractivity contribution in [2.24, 2.45) is 0 Å². The monoisotopic (exact) mass is 370 g/mol. The molecule has 0 aromatic heterocycles. The molecule has 26 heavy (non-hydrogen) atoms. The molecule has 2 fully saturated rings. The van der Waals surface area contributed by atoms with Crippen molar-refractivity contribution in [3.8, 4) is 0 Å². The van der Waals surface area contributed by atoms with Crippen molar-refractivity contribution in [2.75, 3.05) is 19.7 Å². The van der Waals surface area contributed by atoms with Crippen LogP contribution in [0.25, 0.3) is 0 Å². The fourth-order valence-corrected chi connectivity index (χ4v) is 3.17. The number of amides is 3. The van der Waals surface area contributed by atoms with E-state index in [1.54, 1.807) is 4.90 Å². The minimum Gasteiger partial charge on any atom is -0.439 e. The molecule has 2 saturated heterocycles. The van der Waals surface area contributed by atoms with Crippen molar-refractivity contribution in [1.82, 2.24) is 9.80 Å². The van der Waals surface area contributed by atoms with Crippen LogP contribution in [-0.2, 0) is 26.9 Å². The minimum atomic E-state index is -4.38. The van der Waals surface area contributed by atoms with Crippen molar-refractivity contribution in [3.05, 3.63) is 35.4 Å². The third kappa shape index (κ3) is 3.81. The first-order valence-electron chi connectivity index (χ1n) is 8.18. The first-order valence-corrected chi connectivity index (χ1v) is 8.18. The van der Waals surface area contributed by atoms with Crippen molar-refractivity contribution in [3.63, 3.8) is 0 Å². The number of likely N-dealkylation sites (tertiary alicyclic amines) is 1. The molecule has 2 heterocycles. The van der Waals surface area contributed by atoms with Crippen LogP contribution < -0.4 is 0 Å². The van der Waals surface area contributed by atoms with Gasteiger partial charge in [-0.25, -0.2) is 9.69 Å². The average molecular weight is 370 g/mol. The molecule has 2 aliphatic rings. The number of hydrogen-bond acceptors (Lipinski definition) is 4. The Balaban J connectivity index is 1.51. The van der Waals surface area contributed by atoms with Gasteiger partial charge in [0.15, 0.2) is 6.61 Å². The topological polar surface area (TPSA) is 66.9 Å². The summed E-state index contributed by atoms with van der Waals surface area (Å²) in [5.41, 5.74) is -0.0856. The maximum absolute atomic E-state index is 12.5. The highest BCUT2D eigenvalue weighted by Gasteiger charge is 2.41. The number of nitrogens with zero attached hydrogens (tertiary/aromatic N) is 2. The predicted molar refractivity (Wildman–Crippen MR) is 82.9 cm³/mol. The van der Waals surface area contributed by atoms with Gasteiger partial charge in [0.25, 0.3) is 5.91 Å². The summed E-state index contributed by atoms with van der Waals surface area (Å²) in [6.45, 7) is 0.414. The van der Waals surface area contributed by atoms with Crippen LogP contribution in [0.3, 0.4) is 0 Å². The number of imide groups is 1. The van der Waals surface area contributed by atoms with Gasteiger partial charge in [-0.2, -0.15) is 13.2 Å². The lowest BCUT2D eigenvalue weighted by Crippen LogP contribution is -2.42. The molecule has 1 aromatic rings. The number of cyclic esters (lactones) is 1. The lowest BCUT2D eigenvalue weighted by atomic mass is 10.1. The normalized spacial score (nSPS) is 20.7. The lowest BCUT2D eigenvalue weighted by molar-refractivity contribution is -0.137. The molecule has 0 aliphatic carbocycles. The summed E-state index contributed by atoms with van der Waals surface area (Å²) in [5, 5.41) is 0. The van der Waals surface area contributed by atoms with Crippen LogP contribution in [0.4, 0.5) is 18.0 Å². The number of carbonyl (C=O) groups excluding carboxylic acids is 3. The Bertz CT molecular complexity index is 702. The molecule has 6 nitrogen and oxygen atoms in total. The number of carbonyl (C=O) groups is 3. The van der Waals surface area contributed by atoms with Crippen molar-refractivity contribution in [2.45, 2.75) is 31.5 Å². The van der Waals surface area contributed by atoms with Crippen molar-refractivity contribution >= 4 is 17.9 Å². The number of alkyl halides is 3. The van der Waals surface area contributed by atoms with Gasteiger partial charge in [0, 0.05) is 19.5 Å². The van der Waals surface area contributed by atoms with E-state index in [0.717, 1.165) is 17.0 Å². The van der Waals surface area contributed by atoms with E-state index in [0.29, 0.717) is 24.9 Å². The summed E-state index contributed by atoms with van der Waals surface area (Å²) in [6.07, 6.45) is -4.10. The lowest BCUT2D eigenvalue weighted by Gasteiger charge is -2.20. The number of ether oxygens (including phenoxy) is 1. The van der Waals surface area contributed by atoms with E-state index in [1.807, 2.05) is 0 Å². The Morgan fingerprint density at radius 3 is 2.46 bits per heavy atom. The van der Waals surface area contributed by atoms with E-state index in [1.165, 1.54) is 12.1 Å². The maximum atomic E-state index is 12.5. The van der Waals surface area contributed by atoms with E-state index < -0.39 is 23.7 Å². The van der Waals surface area contributed by atoms with Crippen LogP contribution in [-0.4, -0.2) is 53.4 Å². The van der Waals surface area contributed by atoms with Crippen molar-refractivity contribution < 1.29 is 32.3 Å². The van der Waals surface area contributed by atoms with Gasteiger partial charge in [-0.3, -0.25) is 9.59 Å². The Labute approximate surface area is 147 Å². The van der Waals surface area contributed by atoms with Gasteiger partial charge >= 0.3 is 12.3 Å². The highest BCUT2D eigenvalue weighted by molar-refractivity contribution is 5.98. The van der Waals surface area contributed by atoms with E-state index >= 15 is 0 Å². The van der Waals surface area contributed by atoms with E-state index in [-0.39, 0.29) is 31.5 Å². The molecule has 2 aliphatic heterocycles. The maximum Gasteiger partial charge on any atom is 0.417 e. The standard InChI is InChI=1S/C17H17F3N2O4/c18-17(19,20)12-4-1-11(2-5-12)3-6-14(23)21-8-7-13(9-21)22-15(24)10-26-16(22)25/h1-2,4-5,13H,3,6-10H2. The molecule has 1 aromatic carbocycles.